The lowest BCUT2D eigenvalue weighted by molar-refractivity contribution is -0.136. The summed E-state index contributed by atoms with van der Waals surface area (Å²) in [5.74, 6) is 0.0498. The van der Waals surface area contributed by atoms with Crippen molar-refractivity contribution in [2.24, 2.45) is 0 Å². The normalized spacial score (nSPS) is 12.1. The fourth-order valence-corrected chi connectivity index (χ4v) is 2.16. The number of thioether (sulfide) groups is 1. The highest BCUT2D eigenvalue weighted by Gasteiger charge is 2.08. The average molecular weight is 226 g/mol. The van der Waals surface area contributed by atoms with Crippen molar-refractivity contribution in [1.29, 1.82) is 0 Å². The van der Waals surface area contributed by atoms with Crippen LogP contribution in [-0.4, -0.2) is 23.4 Å². The van der Waals surface area contributed by atoms with Crippen LogP contribution in [0.25, 0.3) is 0 Å². The van der Waals surface area contributed by atoms with E-state index in [0.29, 0.717) is 0 Å². The van der Waals surface area contributed by atoms with Crippen LogP contribution in [0.1, 0.15) is 13.3 Å². The zero-order valence-electron chi connectivity index (χ0n) is 8.77. The van der Waals surface area contributed by atoms with Gasteiger partial charge in [-0.05, 0) is 24.3 Å². The van der Waals surface area contributed by atoms with Gasteiger partial charge in [-0.2, -0.15) is 0 Å². The standard InChI is InChI=1S/C11H14O3S/c1-8(7-11(12)13)15-10-5-3-9(14-2)4-6-10/h3-6,8H,7H2,1-2H3,(H,12,13). The number of carbonyl (C=O) groups is 1. The lowest BCUT2D eigenvalue weighted by atomic mass is 10.3. The van der Waals surface area contributed by atoms with Gasteiger partial charge < -0.3 is 9.84 Å². The van der Waals surface area contributed by atoms with Gasteiger partial charge >= 0.3 is 5.97 Å². The molecule has 0 radical (unpaired) electrons. The van der Waals surface area contributed by atoms with Crippen LogP contribution in [-0.2, 0) is 4.79 Å². The van der Waals surface area contributed by atoms with Crippen molar-refractivity contribution in [3.63, 3.8) is 0 Å². The van der Waals surface area contributed by atoms with E-state index >= 15 is 0 Å². The van der Waals surface area contributed by atoms with E-state index in [1.54, 1.807) is 18.9 Å². The van der Waals surface area contributed by atoms with Gasteiger partial charge in [-0.3, -0.25) is 4.79 Å². The summed E-state index contributed by atoms with van der Waals surface area (Å²) in [4.78, 5) is 11.5. The first-order valence-electron chi connectivity index (χ1n) is 4.64. The minimum Gasteiger partial charge on any atom is -0.497 e. The van der Waals surface area contributed by atoms with Crippen molar-refractivity contribution in [1.82, 2.24) is 0 Å². The second-order valence-corrected chi connectivity index (χ2v) is 4.71. The third-order valence-electron chi connectivity index (χ3n) is 1.86. The van der Waals surface area contributed by atoms with Crippen LogP contribution >= 0.6 is 11.8 Å². The quantitative estimate of drug-likeness (QED) is 0.784. The maximum Gasteiger partial charge on any atom is 0.304 e. The molecule has 0 spiro atoms. The van der Waals surface area contributed by atoms with Gasteiger partial charge in [0.25, 0.3) is 0 Å². The summed E-state index contributed by atoms with van der Waals surface area (Å²) in [5.41, 5.74) is 0. The molecule has 0 saturated carbocycles. The number of rotatable bonds is 5. The predicted molar refractivity (Wildman–Crippen MR) is 60.6 cm³/mol. The van der Waals surface area contributed by atoms with Crippen LogP contribution in [0.4, 0.5) is 0 Å². The molecular weight excluding hydrogens is 212 g/mol. The van der Waals surface area contributed by atoms with Gasteiger partial charge in [-0.15, -0.1) is 11.8 Å². The molecule has 0 bridgehead atoms. The minimum atomic E-state index is -0.761. The van der Waals surface area contributed by atoms with Gasteiger partial charge in [-0.1, -0.05) is 6.92 Å². The highest BCUT2D eigenvalue weighted by molar-refractivity contribution is 8.00. The molecule has 1 rings (SSSR count). The molecule has 0 aliphatic rings. The Balaban J connectivity index is 2.53. The molecule has 15 heavy (non-hydrogen) atoms. The fourth-order valence-electron chi connectivity index (χ4n) is 1.17. The predicted octanol–water partition coefficient (Wildman–Crippen LogP) is 2.65. The molecule has 1 N–H and O–H groups in total. The van der Waals surface area contributed by atoms with E-state index in [9.17, 15) is 4.79 Å². The van der Waals surface area contributed by atoms with E-state index in [1.165, 1.54) is 0 Å². The van der Waals surface area contributed by atoms with Crippen LogP contribution < -0.4 is 4.74 Å². The summed E-state index contributed by atoms with van der Waals surface area (Å²) in [5, 5.41) is 8.69. The average Bonchev–Trinajstić information content (AvgIpc) is 2.17. The Bertz CT molecular complexity index is 321. The van der Waals surface area contributed by atoms with Crippen molar-refractivity contribution in [3.05, 3.63) is 24.3 Å². The lowest BCUT2D eigenvalue weighted by Crippen LogP contribution is -2.05. The van der Waals surface area contributed by atoms with Crippen LogP contribution in [0.15, 0.2) is 29.2 Å². The number of hydrogen-bond donors (Lipinski definition) is 1. The smallest absolute Gasteiger partial charge is 0.304 e. The van der Waals surface area contributed by atoms with Crippen LogP contribution in [0.2, 0.25) is 0 Å². The number of hydrogen-bond acceptors (Lipinski definition) is 3. The van der Waals surface area contributed by atoms with E-state index < -0.39 is 5.97 Å². The zero-order valence-corrected chi connectivity index (χ0v) is 9.58. The minimum absolute atomic E-state index is 0.0795. The van der Waals surface area contributed by atoms with Gasteiger partial charge in [0.15, 0.2) is 0 Å². The molecule has 0 aliphatic carbocycles. The summed E-state index contributed by atoms with van der Waals surface area (Å²) >= 11 is 1.55. The number of carboxylic acids is 1. The molecule has 0 aliphatic heterocycles. The summed E-state index contributed by atoms with van der Waals surface area (Å²) in [6, 6.07) is 7.61. The first kappa shape index (κ1) is 11.9. The Morgan fingerprint density at radius 3 is 2.53 bits per heavy atom. The van der Waals surface area contributed by atoms with Crippen molar-refractivity contribution >= 4 is 17.7 Å². The highest BCUT2D eigenvalue weighted by atomic mass is 32.2. The topological polar surface area (TPSA) is 46.5 Å². The molecule has 1 unspecified atom stereocenters. The lowest BCUT2D eigenvalue weighted by Gasteiger charge is -2.08. The maximum absolute atomic E-state index is 10.5. The van der Waals surface area contributed by atoms with Crippen molar-refractivity contribution in [2.45, 2.75) is 23.5 Å². The molecule has 4 heteroatoms. The number of benzene rings is 1. The first-order chi connectivity index (χ1) is 7.11. The number of carboxylic acid groups (broad SMARTS) is 1. The molecule has 82 valence electrons. The van der Waals surface area contributed by atoms with Gasteiger partial charge in [0.05, 0.1) is 13.5 Å². The van der Waals surface area contributed by atoms with E-state index in [1.807, 2.05) is 31.2 Å². The molecule has 1 atom stereocenters. The number of aliphatic carboxylic acids is 1. The van der Waals surface area contributed by atoms with Gasteiger partial charge in [0.2, 0.25) is 0 Å². The van der Waals surface area contributed by atoms with Gasteiger partial charge in [-0.25, -0.2) is 0 Å². The Hall–Kier alpha value is -1.16. The highest BCUT2D eigenvalue weighted by Crippen LogP contribution is 2.26. The van der Waals surface area contributed by atoms with Crippen molar-refractivity contribution < 1.29 is 14.6 Å². The van der Waals surface area contributed by atoms with E-state index in [2.05, 4.69) is 0 Å². The fraction of sp³-hybridized carbons (Fsp3) is 0.364. The largest absolute Gasteiger partial charge is 0.497 e. The first-order valence-corrected chi connectivity index (χ1v) is 5.52. The second kappa shape index (κ2) is 5.66. The molecule has 0 amide bonds. The van der Waals surface area contributed by atoms with Gasteiger partial charge in [0.1, 0.15) is 5.75 Å². The number of ether oxygens (including phenoxy) is 1. The summed E-state index contributed by atoms with van der Waals surface area (Å²) < 4.78 is 5.04. The summed E-state index contributed by atoms with van der Waals surface area (Å²) in [6.07, 6.45) is 0.177. The second-order valence-electron chi connectivity index (χ2n) is 3.20. The van der Waals surface area contributed by atoms with E-state index in [4.69, 9.17) is 9.84 Å². The third-order valence-corrected chi connectivity index (χ3v) is 2.97. The number of methoxy groups -OCH3 is 1. The van der Waals surface area contributed by atoms with Crippen LogP contribution in [0, 0.1) is 0 Å². The SMILES string of the molecule is COc1ccc(SC(C)CC(=O)O)cc1. The molecule has 3 nitrogen and oxygen atoms in total. The third kappa shape index (κ3) is 4.25. The van der Waals surface area contributed by atoms with E-state index in [-0.39, 0.29) is 11.7 Å². The molecule has 0 heterocycles. The van der Waals surface area contributed by atoms with Gasteiger partial charge in [0, 0.05) is 10.1 Å². The Kier molecular flexibility index (Phi) is 4.49. The molecule has 1 aromatic carbocycles. The molecule has 1 aromatic rings. The van der Waals surface area contributed by atoms with Crippen LogP contribution in [0.3, 0.4) is 0 Å². The van der Waals surface area contributed by atoms with Crippen molar-refractivity contribution in [3.8, 4) is 5.75 Å². The Morgan fingerprint density at radius 2 is 2.07 bits per heavy atom. The van der Waals surface area contributed by atoms with Crippen LogP contribution in [0.5, 0.6) is 5.75 Å². The van der Waals surface area contributed by atoms with Crippen molar-refractivity contribution in [2.75, 3.05) is 7.11 Å². The summed E-state index contributed by atoms with van der Waals surface area (Å²) in [6.45, 7) is 1.91. The van der Waals surface area contributed by atoms with E-state index in [0.717, 1.165) is 10.6 Å². The Morgan fingerprint density at radius 1 is 1.47 bits per heavy atom. The maximum atomic E-state index is 10.5. The molecule has 0 saturated heterocycles. The zero-order chi connectivity index (χ0) is 11.3. The monoisotopic (exact) mass is 226 g/mol. The molecule has 0 aromatic heterocycles. The summed E-state index contributed by atoms with van der Waals surface area (Å²) in [7, 11) is 1.62. The molecular formula is C11H14O3S. The Labute approximate surface area is 93.4 Å². The molecule has 0 fully saturated rings.